The number of nitrogens with one attached hydrogen (secondary N) is 1. The van der Waals surface area contributed by atoms with Gasteiger partial charge in [-0.15, -0.1) is 11.6 Å². The van der Waals surface area contributed by atoms with E-state index in [0.29, 0.717) is 0 Å². The molecule has 0 unspecified atom stereocenters. The third-order valence-electron chi connectivity index (χ3n) is 2.41. The number of amides is 1. The first-order valence-electron chi connectivity index (χ1n) is 5.48. The van der Waals surface area contributed by atoms with Gasteiger partial charge in [-0.3, -0.25) is 4.79 Å². The van der Waals surface area contributed by atoms with Crippen LogP contribution in [0.2, 0.25) is 5.02 Å². The number of benzene rings is 1. The fraction of sp³-hybridized carbons (Fsp3) is 0.417. The highest BCUT2D eigenvalue weighted by molar-refractivity contribution is 9.10. The first kappa shape index (κ1) is 17.5. The zero-order valence-corrected chi connectivity index (χ0v) is 13.7. The van der Waals surface area contributed by atoms with Gasteiger partial charge in [0, 0.05) is 10.9 Å². The third-order valence-corrected chi connectivity index (χ3v) is 3.89. The van der Waals surface area contributed by atoms with Crippen LogP contribution in [0.3, 0.4) is 0 Å². The number of hydrogen-bond donors (Lipinski definition) is 1. The maximum Gasteiger partial charge on any atom is 0.387 e. The Hall–Kier alpha value is -0.590. The normalized spacial score (nSPS) is 11.6. The lowest BCUT2D eigenvalue weighted by Crippen LogP contribution is -2.32. The summed E-state index contributed by atoms with van der Waals surface area (Å²) in [5.41, 5.74) is -0.814. The molecule has 1 amide bonds. The minimum Gasteiger partial charge on any atom is -0.431 e. The van der Waals surface area contributed by atoms with Gasteiger partial charge in [0.05, 0.1) is 15.6 Å². The van der Waals surface area contributed by atoms with Crippen LogP contribution >= 0.6 is 39.1 Å². The van der Waals surface area contributed by atoms with Gasteiger partial charge in [0.1, 0.15) is 0 Å². The molecule has 1 rings (SSSR count). The molecule has 20 heavy (non-hydrogen) atoms. The molecule has 112 valence electrons. The Morgan fingerprint density at radius 2 is 2.10 bits per heavy atom. The number of carbonyl (C=O) groups excluding carboxylic acids is 1. The van der Waals surface area contributed by atoms with Crippen molar-refractivity contribution in [1.82, 2.24) is 0 Å². The molecule has 1 aromatic carbocycles. The number of ether oxygens (including phenoxy) is 1. The Kier molecular flexibility index (Phi) is 6.04. The second kappa shape index (κ2) is 6.91. The highest BCUT2D eigenvalue weighted by Crippen LogP contribution is 2.38. The fourth-order valence-electron chi connectivity index (χ4n) is 1.21. The van der Waals surface area contributed by atoms with Gasteiger partial charge in [-0.1, -0.05) is 11.6 Å². The van der Waals surface area contributed by atoms with E-state index in [2.05, 4.69) is 26.0 Å². The summed E-state index contributed by atoms with van der Waals surface area (Å²) in [5, 5.41) is 2.75. The molecule has 0 radical (unpaired) electrons. The Morgan fingerprint density at radius 1 is 1.50 bits per heavy atom. The molecular weight excluding hydrogens is 379 g/mol. The van der Waals surface area contributed by atoms with E-state index in [1.54, 1.807) is 13.8 Å². The molecule has 0 aromatic heterocycles. The first-order chi connectivity index (χ1) is 9.17. The lowest BCUT2D eigenvalue weighted by atomic mass is 9.95. The summed E-state index contributed by atoms with van der Waals surface area (Å²) in [6.07, 6.45) is 0. The summed E-state index contributed by atoms with van der Waals surface area (Å²) in [6.45, 7) is 0.231. The predicted molar refractivity (Wildman–Crippen MR) is 78.9 cm³/mol. The van der Waals surface area contributed by atoms with Gasteiger partial charge in [0.15, 0.2) is 5.75 Å². The van der Waals surface area contributed by atoms with E-state index < -0.39 is 17.9 Å². The average molecular weight is 391 g/mol. The first-order valence-corrected chi connectivity index (χ1v) is 7.19. The van der Waals surface area contributed by atoms with Crippen molar-refractivity contribution in [3.05, 3.63) is 21.6 Å². The van der Waals surface area contributed by atoms with Gasteiger partial charge < -0.3 is 10.1 Å². The third kappa shape index (κ3) is 4.46. The van der Waals surface area contributed by atoms with Crippen molar-refractivity contribution in [2.45, 2.75) is 20.5 Å². The highest BCUT2D eigenvalue weighted by Gasteiger charge is 2.28. The van der Waals surface area contributed by atoms with Crippen LogP contribution in [0.5, 0.6) is 5.75 Å². The van der Waals surface area contributed by atoms with Crippen LogP contribution in [0.25, 0.3) is 0 Å². The van der Waals surface area contributed by atoms with Crippen molar-refractivity contribution in [3.63, 3.8) is 0 Å². The van der Waals surface area contributed by atoms with Crippen LogP contribution in [-0.2, 0) is 4.79 Å². The molecule has 0 aliphatic heterocycles. The molecule has 1 N–H and O–H groups in total. The van der Waals surface area contributed by atoms with Crippen LogP contribution in [0.1, 0.15) is 13.8 Å². The van der Waals surface area contributed by atoms with Crippen LogP contribution in [0.15, 0.2) is 16.6 Å². The summed E-state index contributed by atoms with van der Waals surface area (Å²) >= 11 is 14.6. The second-order valence-electron chi connectivity index (χ2n) is 4.61. The summed E-state index contributed by atoms with van der Waals surface area (Å²) in [5.74, 6) is -0.546. The van der Waals surface area contributed by atoms with Gasteiger partial charge >= 0.3 is 6.61 Å². The van der Waals surface area contributed by atoms with Crippen LogP contribution in [0.4, 0.5) is 14.5 Å². The van der Waals surface area contributed by atoms with Gasteiger partial charge in [0.25, 0.3) is 0 Å². The number of hydrogen-bond acceptors (Lipinski definition) is 2. The fourth-order valence-corrected chi connectivity index (χ4v) is 2.24. The Bertz CT molecular complexity index is 512. The number of alkyl halides is 3. The molecule has 0 saturated carbocycles. The molecule has 0 spiro atoms. The van der Waals surface area contributed by atoms with E-state index in [1.165, 1.54) is 12.1 Å². The summed E-state index contributed by atoms with van der Waals surface area (Å²) in [6, 6.07) is 2.72. The molecule has 0 saturated heterocycles. The molecular formula is C12H12BrCl2F2NO2. The van der Waals surface area contributed by atoms with Crippen molar-refractivity contribution in [1.29, 1.82) is 0 Å². The standard InChI is InChI=1S/C12H12BrCl2F2NO2/c1-12(2,5-14)10(19)18-8-4-6(15)3-7(13)9(8)20-11(16)17/h3-4,11H,5H2,1-2H3,(H,18,19). The van der Waals surface area contributed by atoms with E-state index in [-0.39, 0.29) is 26.8 Å². The molecule has 0 atom stereocenters. The number of halogens is 5. The smallest absolute Gasteiger partial charge is 0.387 e. The minimum absolute atomic E-state index is 0.0490. The van der Waals surface area contributed by atoms with E-state index in [0.717, 1.165) is 0 Å². The van der Waals surface area contributed by atoms with Crippen LogP contribution in [-0.4, -0.2) is 18.4 Å². The molecule has 1 aromatic rings. The molecule has 0 heterocycles. The van der Waals surface area contributed by atoms with Gasteiger partial charge in [-0.2, -0.15) is 8.78 Å². The van der Waals surface area contributed by atoms with Gasteiger partial charge in [-0.25, -0.2) is 0 Å². The zero-order chi connectivity index (χ0) is 15.5. The number of rotatable bonds is 5. The number of carbonyl (C=O) groups is 1. The lowest BCUT2D eigenvalue weighted by molar-refractivity contribution is -0.123. The van der Waals surface area contributed by atoms with E-state index in [4.69, 9.17) is 23.2 Å². The number of anilines is 1. The van der Waals surface area contributed by atoms with E-state index in [9.17, 15) is 13.6 Å². The van der Waals surface area contributed by atoms with Crippen molar-refractivity contribution in [2.24, 2.45) is 5.41 Å². The topological polar surface area (TPSA) is 38.3 Å². The minimum atomic E-state index is -3.02. The summed E-state index contributed by atoms with van der Waals surface area (Å²) in [7, 11) is 0. The van der Waals surface area contributed by atoms with Crippen LogP contribution in [0, 0.1) is 5.41 Å². The SMILES string of the molecule is CC(C)(CCl)C(=O)Nc1cc(Cl)cc(Br)c1OC(F)F. The average Bonchev–Trinajstić information content (AvgIpc) is 2.33. The molecule has 3 nitrogen and oxygen atoms in total. The van der Waals surface area contributed by atoms with Gasteiger partial charge in [-0.05, 0) is 41.9 Å². The molecule has 0 bridgehead atoms. The Morgan fingerprint density at radius 3 is 2.60 bits per heavy atom. The largest absolute Gasteiger partial charge is 0.431 e. The van der Waals surface area contributed by atoms with Crippen LogP contribution < -0.4 is 10.1 Å². The monoisotopic (exact) mass is 389 g/mol. The van der Waals surface area contributed by atoms with E-state index in [1.807, 2.05) is 0 Å². The van der Waals surface area contributed by atoms with Crippen molar-refractivity contribution in [3.8, 4) is 5.75 Å². The predicted octanol–water partition coefficient (Wildman–Crippen LogP) is 4.91. The van der Waals surface area contributed by atoms with Gasteiger partial charge in [0.2, 0.25) is 5.91 Å². The Labute approximate surface area is 133 Å². The molecule has 0 fully saturated rings. The summed E-state index contributed by atoms with van der Waals surface area (Å²) < 4.78 is 29.4. The molecule has 8 heteroatoms. The maximum atomic E-state index is 12.4. The van der Waals surface area contributed by atoms with E-state index >= 15 is 0 Å². The highest BCUT2D eigenvalue weighted by atomic mass is 79.9. The quantitative estimate of drug-likeness (QED) is 0.725. The van der Waals surface area contributed by atoms with Crippen molar-refractivity contribution >= 4 is 50.7 Å². The molecule has 0 aliphatic carbocycles. The van der Waals surface area contributed by atoms with Crippen molar-refractivity contribution < 1.29 is 18.3 Å². The summed E-state index contributed by atoms with van der Waals surface area (Å²) in [4.78, 5) is 12.0. The maximum absolute atomic E-state index is 12.4. The van der Waals surface area contributed by atoms with Crippen molar-refractivity contribution in [2.75, 3.05) is 11.2 Å². The Balaban J connectivity index is 3.13. The lowest BCUT2D eigenvalue weighted by Gasteiger charge is -2.22. The second-order valence-corrected chi connectivity index (χ2v) is 6.17. The molecule has 0 aliphatic rings. The zero-order valence-electron chi connectivity index (χ0n) is 10.6.